The van der Waals surface area contributed by atoms with Crippen LogP contribution in [0, 0.1) is 0 Å². The number of rotatable bonds is 6. The molecule has 1 N–H and O–H groups in total. The van der Waals surface area contributed by atoms with Gasteiger partial charge in [-0.25, -0.2) is 4.79 Å². The number of para-hydroxylation sites is 1. The van der Waals surface area contributed by atoms with Gasteiger partial charge in [-0.1, -0.05) is 55.5 Å². The third kappa shape index (κ3) is 3.30. The quantitative estimate of drug-likeness (QED) is 0.800. The fourth-order valence-electron chi connectivity index (χ4n) is 3.46. The van der Waals surface area contributed by atoms with E-state index < -0.39 is 17.5 Å². The first-order chi connectivity index (χ1) is 13.0. The molecule has 0 radical (unpaired) electrons. The standard InChI is InChI=1S/C21H23N3O3/c1-3-21(16-11-7-5-8-12-16)19(26)24(20(27)22-21)15-18(25)23(4-2)17-13-9-6-10-14-17/h5-14H,3-4,15H2,1-2H3,(H,22,27)/t21-/m1/s1. The second-order valence-corrected chi connectivity index (χ2v) is 6.42. The Bertz CT molecular complexity index is 838. The van der Waals surface area contributed by atoms with E-state index in [0.717, 1.165) is 16.2 Å². The molecule has 1 atom stereocenters. The lowest BCUT2D eigenvalue weighted by Crippen LogP contribution is -2.45. The molecule has 1 aliphatic rings. The second kappa shape index (κ2) is 7.61. The molecule has 0 aliphatic carbocycles. The number of nitrogens with one attached hydrogen (secondary N) is 1. The zero-order valence-corrected chi connectivity index (χ0v) is 15.5. The van der Waals surface area contributed by atoms with E-state index in [0.29, 0.717) is 13.0 Å². The Morgan fingerprint density at radius 3 is 2.15 bits per heavy atom. The van der Waals surface area contributed by atoms with Crippen LogP contribution < -0.4 is 10.2 Å². The van der Waals surface area contributed by atoms with Gasteiger partial charge >= 0.3 is 6.03 Å². The smallest absolute Gasteiger partial charge is 0.319 e. The lowest BCUT2D eigenvalue weighted by atomic mass is 9.87. The molecule has 27 heavy (non-hydrogen) atoms. The number of carbonyl (C=O) groups excluding carboxylic acids is 3. The van der Waals surface area contributed by atoms with Crippen molar-refractivity contribution in [1.82, 2.24) is 10.2 Å². The molecular formula is C21H23N3O3. The van der Waals surface area contributed by atoms with Gasteiger partial charge < -0.3 is 10.2 Å². The van der Waals surface area contributed by atoms with Crippen molar-refractivity contribution in [3.8, 4) is 0 Å². The third-order valence-corrected chi connectivity index (χ3v) is 4.95. The zero-order chi connectivity index (χ0) is 19.4. The molecule has 1 aliphatic heterocycles. The van der Waals surface area contributed by atoms with Gasteiger partial charge in [-0.15, -0.1) is 0 Å². The van der Waals surface area contributed by atoms with E-state index in [2.05, 4.69) is 5.32 Å². The number of imide groups is 1. The van der Waals surface area contributed by atoms with Gasteiger partial charge in [0.15, 0.2) is 0 Å². The van der Waals surface area contributed by atoms with Gasteiger partial charge in [0, 0.05) is 12.2 Å². The number of benzene rings is 2. The largest absolute Gasteiger partial charge is 0.325 e. The van der Waals surface area contributed by atoms with Crippen LogP contribution in [0.15, 0.2) is 60.7 Å². The highest BCUT2D eigenvalue weighted by Gasteiger charge is 2.51. The van der Waals surface area contributed by atoms with E-state index >= 15 is 0 Å². The van der Waals surface area contributed by atoms with Crippen molar-refractivity contribution in [3.05, 3.63) is 66.2 Å². The average Bonchev–Trinajstić information content (AvgIpc) is 2.95. The number of hydrogen-bond donors (Lipinski definition) is 1. The van der Waals surface area contributed by atoms with Crippen LogP contribution in [0.4, 0.5) is 10.5 Å². The van der Waals surface area contributed by atoms with Gasteiger partial charge in [-0.2, -0.15) is 0 Å². The molecule has 4 amide bonds. The van der Waals surface area contributed by atoms with Crippen molar-refractivity contribution in [1.29, 1.82) is 0 Å². The summed E-state index contributed by atoms with van der Waals surface area (Å²) >= 11 is 0. The van der Waals surface area contributed by atoms with Crippen LogP contribution in [-0.2, 0) is 15.1 Å². The summed E-state index contributed by atoms with van der Waals surface area (Å²) in [4.78, 5) is 41.1. The van der Waals surface area contributed by atoms with Crippen LogP contribution in [0.5, 0.6) is 0 Å². The topological polar surface area (TPSA) is 69.7 Å². The molecule has 0 saturated carbocycles. The van der Waals surface area contributed by atoms with Crippen molar-refractivity contribution in [3.63, 3.8) is 0 Å². The molecule has 6 heteroatoms. The molecule has 0 spiro atoms. The first kappa shape index (κ1) is 18.6. The first-order valence-electron chi connectivity index (χ1n) is 9.08. The molecule has 1 saturated heterocycles. The predicted octanol–water partition coefficient (Wildman–Crippen LogP) is 2.90. The van der Waals surface area contributed by atoms with Gasteiger partial charge in [-0.3, -0.25) is 14.5 Å². The molecule has 6 nitrogen and oxygen atoms in total. The maximum atomic E-state index is 13.1. The highest BCUT2D eigenvalue weighted by atomic mass is 16.2. The third-order valence-electron chi connectivity index (χ3n) is 4.95. The molecule has 2 aromatic rings. The van der Waals surface area contributed by atoms with Crippen LogP contribution in [-0.4, -0.2) is 35.8 Å². The van der Waals surface area contributed by atoms with Crippen LogP contribution in [0.25, 0.3) is 0 Å². The summed E-state index contributed by atoms with van der Waals surface area (Å²) in [5.74, 6) is -0.689. The van der Waals surface area contributed by atoms with Gasteiger partial charge in [0.05, 0.1) is 0 Å². The Hall–Kier alpha value is -3.15. The number of nitrogens with zero attached hydrogens (tertiary/aromatic N) is 2. The van der Waals surface area contributed by atoms with Crippen molar-refractivity contribution >= 4 is 23.5 Å². The summed E-state index contributed by atoms with van der Waals surface area (Å²) in [7, 11) is 0. The number of carbonyl (C=O) groups is 3. The minimum absolute atomic E-state index is 0.290. The van der Waals surface area contributed by atoms with E-state index in [-0.39, 0.29) is 12.5 Å². The average molecular weight is 365 g/mol. The van der Waals surface area contributed by atoms with Gasteiger partial charge in [0.2, 0.25) is 5.91 Å². The molecular weight excluding hydrogens is 342 g/mol. The van der Waals surface area contributed by atoms with Crippen molar-refractivity contribution in [2.75, 3.05) is 18.0 Å². The van der Waals surface area contributed by atoms with E-state index in [1.807, 2.05) is 74.5 Å². The van der Waals surface area contributed by atoms with Crippen molar-refractivity contribution in [2.45, 2.75) is 25.8 Å². The molecule has 0 bridgehead atoms. The molecule has 0 aromatic heterocycles. The zero-order valence-electron chi connectivity index (χ0n) is 15.5. The minimum Gasteiger partial charge on any atom is -0.319 e. The first-order valence-corrected chi connectivity index (χ1v) is 9.08. The van der Waals surface area contributed by atoms with Crippen LogP contribution in [0.2, 0.25) is 0 Å². The Morgan fingerprint density at radius 1 is 1.00 bits per heavy atom. The van der Waals surface area contributed by atoms with Crippen molar-refractivity contribution < 1.29 is 14.4 Å². The van der Waals surface area contributed by atoms with Gasteiger partial charge in [0.1, 0.15) is 12.1 Å². The summed E-state index contributed by atoms with van der Waals surface area (Å²) in [5.41, 5.74) is 0.334. The SMILES string of the molecule is CCN(C(=O)CN1C(=O)N[C@](CC)(c2ccccc2)C1=O)c1ccccc1. The lowest BCUT2D eigenvalue weighted by molar-refractivity contribution is -0.134. The normalized spacial score (nSPS) is 19.1. The summed E-state index contributed by atoms with van der Waals surface area (Å²) in [6.07, 6.45) is 0.405. The summed E-state index contributed by atoms with van der Waals surface area (Å²) in [6, 6.07) is 17.8. The molecule has 1 fully saturated rings. The van der Waals surface area contributed by atoms with Gasteiger partial charge in [0.25, 0.3) is 5.91 Å². The molecule has 140 valence electrons. The number of amides is 4. The Morgan fingerprint density at radius 2 is 1.59 bits per heavy atom. The number of likely N-dealkylation sites (N-methyl/N-ethyl adjacent to an activating group) is 1. The number of anilines is 1. The molecule has 1 heterocycles. The van der Waals surface area contributed by atoms with Crippen LogP contribution in [0.3, 0.4) is 0 Å². The Labute approximate surface area is 158 Å². The Kier molecular flexibility index (Phi) is 5.26. The molecule has 3 rings (SSSR count). The molecule has 0 unspecified atom stereocenters. The predicted molar refractivity (Wildman–Crippen MR) is 103 cm³/mol. The van der Waals surface area contributed by atoms with E-state index in [1.54, 1.807) is 4.90 Å². The van der Waals surface area contributed by atoms with E-state index in [4.69, 9.17) is 0 Å². The Balaban J connectivity index is 1.84. The van der Waals surface area contributed by atoms with Crippen molar-refractivity contribution in [2.24, 2.45) is 0 Å². The summed E-state index contributed by atoms with van der Waals surface area (Å²) < 4.78 is 0. The maximum absolute atomic E-state index is 13.1. The molecule has 2 aromatic carbocycles. The summed E-state index contributed by atoms with van der Waals surface area (Å²) in [5, 5.41) is 2.80. The number of hydrogen-bond acceptors (Lipinski definition) is 3. The maximum Gasteiger partial charge on any atom is 0.325 e. The van der Waals surface area contributed by atoms with Crippen LogP contribution in [0.1, 0.15) is 25.8 Å². The van der Waals surface area contributed by atoms with Crippen LogP contribution >= 0.6 is 0 Å². The monoisotopic (exact) mass is 365 g/mol. The summed E-state index contributed by atoms with van der Waals surface area (Å²) in [6.45, 7) is 3.86. The number of urea groups is 1. The van der Waals surface area contributed by atoms with E-state index in [9.17, 15) is 14.4 Å². The van der Waals surface area contributed by atoms with E-state index in [1.165, 1.54) is 0 Å². The highest BCUT2D eigenvalue weighted by molar-refractivity contribution is 6.10. The van der Waals surface area contributed by atoms with Gasteiger partial charge in [-0.05, 0) is 31.0 Å². The fourth-order valence-corrected chi connectivity index (χ4v) is 3.46. The second-order valence-electron chi connectivity index (χ2n) is 6.42. The highest BCUT2D eigenvalue weighted by Crippen LogP contribution is 2.32. The lowest BCUT2D eigenvalue weighted by Gasteiger charge is -2.26. The fraction of sp³-hybridized carbons (Fsp3) is 0.286. The minimum atomic E-state index is -1.12.